The molecule has 1 unspecified atom stereocenters. The second kappa shape index (κ2) is 10.1. The SMILES string of the molecule is Cc1cccc(OCCc2noc(C3CCN(C(=O)CN4CCCCCC4)C3)n2)c1. The minimum Gasteiger partial charge on any atom is -0.493 e. The van der Waals surface area contributed by atoms with Gasteiger partial charge in [0.15, 0.2) is 5.82 Å². The molecule has 0 spiro atoms. The maximum atomic E-state index is 12.7. The molecule has 2 aliphatic rings. The number of likely N-dealkylation sites (tertiary alicyclic amines) is 2. The van der Waals surface area contributed by atoms with E-state index in [0.717, 1.165) is 31.8 Å². The molecule has 2 aromatic rings. The molecule has 2 fully saturated rings. The summed E-state index contributed by atoms with van der Waals surface area (Å²) < 4.78 is 11.3. The molecule has 30 heavy (non-hydrogen) atoms. The Morgan fingerprint density at radius 2 is 2.03 bits per heavy atom. The Bertz CT molecular complexity index is 829. The van der Waals surface area contributed by atoms with Gasteiger partial charge >= 0.3 is 0 Å². The Morgan fingerprint density at radius 1 is 1.20 bits per heavy atom. The van der Waals surface area contributed by atoms with Crippen molar-refractivity contribution in [3.8, 4) is 5.75 Å². The number of hydrogen-bond acceptors (Lipinski definition) is 6. The average Bonchev–Trinajstić information content (AvgIpc) is 3.33. The molecular weight excluding hydrogens is 380 g/mol. The van der Waals surface area contributed by atoms with Gasteiger partial charge in [0.2, 0.25) is 11.8 Å². The minimum absolute atomic E-state index is 0.136. The van der Waals surface area contributed by atoms with Gasteiger partial charge in [-0.3, -0.25) is 9.69 Å². The second-order valence-corrected chi connectivity index (χ2v) is 8.48. The molecule has 1 amide bonds. The summed E-state index contributed by atoms with van der Waals surface area (Å²) in [6.07, 6.45) is 6.45. The zero-order chi connectivity index (χ0) is 20.8. The van der Waals surface area contributed by atoms with Gasteiger partial charge in [0.1, 0.15) is 5.75 Å². The number of benzene rings is 1. The first-order valence-electron chi connectivity index (χ1n) is 11.2. The zero-order valence-corrected chi connectivity index (χ0v) is 17.9. The van der Waals surface area contributed by atoms with Crippen molar-refractivity contribution in [3.63, 3.8) is 0 Å². The molecule has 3 heterocycles. The van der Waals surface area contributed by atoms with Crippen molar-refractivity contribution >= 4 is 5.91 Å². The molecule has 2 saturated heterocycles. The second-order valence-electron chi connectivity index (χ2n) is 8.48. The van der Waals surface area contributed by atoms with E-state index in [1.165, 1.54) is 31.2 Å². The van der Waals surface area contributed by atoms with Crippen molar-refractivity contribution in [2.75, 3.05) is 39.3 Å². The summed E-state index contributed by atoms with van der Waals surface area (Å²) in [5, 5.41) is 4.11. The number of ether oxygens (including phenoxy) is 1. The maximum Gasteiger partial charge on any atom is 0.236 e. The van der Waals surface area contributed by atoms with Crippen LogP contribution in [0.1, 0.15) is 55.3 Å². The topological polar surface area (TPSA) is 71.7 Å². The fourth-order valence-corrected chi connectivity index (χ4v) is 4.27. The first-order chi connectivity index (χ1) is 14.7. The number of nitrogens with zero attached hydrogens (tertiary/aromatic N) is 4. The number of aromatic nitrogens is 2. The van der Waals surface area contributed by atoms with E-state index in [1.54, 1.807) is 0 Å². The molecule has 0 bridgehead atoms. The highest BCUT2D eigenvalue weighted by atomic mass is 16.5. The number of carbonyl (C=O) groups excluding carboxylic acids is 1. The maximum absolute atomic E-state index is 12.7. The molecular formula is C23H32N4O3. The van der Waals surface area contributed by atoms with Crippen LogP contribution < -0.4 is 4.74 Å². The molecule has 1 atom stereocenters. The van der Waals surface area contributed by atoms with Gasteiger partial charge in [0.05, 0.1) is 19.1 Å². The third-order valence-corrected chi connectivity index (χ3v) is 6.02. The van der Waals surface area contributed by atoms with E-state index in [9.17, 15) is 4.79 Å². The highest BCUT2D eigenvalue weighted by Crippen LogP contribution is 2.26. The smallest absolute Gasteiger partial charge is 0.236 e. The van der Waals surface area contributed by atoms with E-state index in [-0.39, 0.29) is 11.8 Å². The Hall–Kier alpha value is -2.41. The van der Waals surface area contributed by atoms with Gasteiger partial charge in [-0.05, 0) is 57.0 Å². The third-order valence-electron chi connectivity index (χ3n) is 6.02. The van der Waals surface area contributed by atoms with Crippen LogP contribution in [0.2, 0.25) is 0 Å². The zero-order valence-electron chi connectivity index (χ0n) is 17.9. The molecule has 0 N–H and O–H groups in total. The van der Waals surface area contributed by atoms with Gasteiger partial charge in [-0.2, -0.15) is 4.98 Å². The molecule has 162 valence electrons. The summed E-state index contributed by atoms with van der Waals surface area (Å²) in [5.41, 5.74) is 1.17. The summed E-state index contributed by atoms with van der Waals surface area (Å²) >= 11 is 0. The molecule has 0 radical (unpaired) electrons. The Balaban J connectivity index is 1.23. The predicted octanol–water partition coefficient (Wildman–Crippen LogP) is 3.19. The summed E-state index contributed by atoms with van der Waals surface area (Å²) in [7, 11) is 0. The lowest BCUT2D eigenvalue weighted by Crippen LogP contribution is -2.39. The van der Waals surface area contributed by atoms with E-state index in [2.05, 4.69) is 15.0 Å². The van der Waals surface area contributed by atoms with Crippen LogP contribution in [0.4, 0.5) is 0 Å². The van der Waals surface area contributed by atoms with Crippen LogP contribution in [-0.2, 0) is 11.2 Å². The van der Waals surface area contributed by atoms with E-state index in [4.69, 9.17) is 9.26 Å². The first kappa shape index (κ1) is 20.8. The van der Waals surface area contributed by atoms with Crippen molar-refractivity contribution in [2.45, 2.75) is 51.4 Å². The van der Waals surface area contributed by atoms with Gasteiger partial charge in [-0.15, -0.1) is 0 Å². The predicted molar refractivity (Wildman–Crippen MR) is 114 cm³/mol. The molecule has 1 aromatic heterocycles. The van der Waals surface area contributed by atoms with Crippen LogP contribution in [0.5, 0.6) is 5.75 Å². The van der Waals surface area contributed by atoms with Crippen molar-refractivity contribution in [1.29, 1.82) is 0 Å². The van der Waals surface area contributed by atoms with Gasteiger partial charge in [0, 0.05) is 19.5 Å². The largest absolute Gasteiger partial charge is 0.493 e. The van der Waals surface area contributed by atoms with E-state index in [1.807, 2.05) is 36.1 Å². The highest BCUT2D eigenvalue weighted by molar-refractivity contribution is 5.78. The van der Waals surface area contributed by atoms with Gasteiger partial charge in [-0.25, -0.2) is 0 Å². The van der Waals surface area contributed by atoms with Crippen molar-refractivity contribution < 1.29 is 14.1 Å². The standard InChI is InChI=1S/C23H32N4O3/c1-18-7-6-8-20(15-18)29-14-10-21-24-23(30-25-21)19-9-13-27(16-19)22(28)17-26-11-4-2-3-5-12-26/h6-8,15,19H,2-5,9-14,16-17H2,1H3. The summed E-state index contributed by atoms with van der Waals surface area (Å²) in [5.74, 6) is 2.52. The quantitative estimate of drug-likeness (QED) is 0.696. The lowest BCUT2D eigenvalue weighted by molar-refractivity contribution is -0.131. The fraction of sp³-hybridized carbons (Fsp3) is 0.609. The molecule has 7 nitrogen and oxygen atoms in total. The number of amides is 1. The average molecular weight is 413 g/mol. The van der Waals surface area contributed by atoms with Gasteiger partial charge < -0.3 is 14.2 Å². The molecule has 7 heteroatoms. The normalized spacial score (nSPS) is 20.3. The monoisotopic (exact) mass is 412 g/mol. The number of carbonyl (C=O) groups is 1. The molecule has 1 aromatic carbocycles. The Kier molecular flexibility index (Phi) is 7.00. The summed E-state index contributed by atoms with van der Waals surface area (Å²) in [6.45, 7) is 6.62. The van der Waals surface area contributed by atoms with Crippen LogP contribution in [0, 0.1) is 6.92 Å². The van der Waals surface area contributed by atoms with Crippen LogP contribution in [0.3, 0.4) is 0 Å². The molecule has 2 aliphatic heterocycles. The number of rotatable bonds is 7. The van der Waals surface area contributed by atoms with E-state index in [0.29, 0.717) is 37.8 Å². The highest BCUT2D eigenvalue weighted by Gasteiger charge is 2.31. The molecule has 4 rings (SSSR count). The lowest BCUT2D eigenvalue weighted by Gasteiger charge is -2.23. The van der Waals surface area contributed by atoms with Crippen molar-refractivity contribution in [3.05, 3.63) is 41.5 Å². The molecule has 0 saturated carbocycles. The Labute approximate surface area is 178 Å². The van der Waals surface area contributed by atoms with Crippen LogP contribution in [-0.4, -0.2) is 65.2 Å². The van der Waals surface area contributed by atoms with E-state index >= 15 is 0 Å². The lowest BCUT2D eigenvalue weighted by atomic mass is 10.1. The number of aryl methyl sites for hydroxylation is 1. The van der Waals surface area contributed by atoms with Crippen LogP contribution in [0.25, 0.3) is 0 Å². The fourth-order valence-electron chi connectivity index (χ4n) is 4.27. The Morgan fingerprint density at radius 3 is 2.83 bits per heavy atom. The van der Waals surface area contributed by atoms with Crippen LogP contribution >= 0.6 is 0 Å². The van der Waals surface area contributed by atoms with Crippen LogP contribution in [0.15, 0.2) is 28.8 Å². The number of hydrogen-bond donors (Lipinski definition) is 0. The van der Waals surface area contributed by atoms with Gasteiger partial charge in [-0.1, -0.05) is 30.1 Å². The first-order valence-corrected chi connectivity index (χ1v) is 11.2. The van der Waals surface area contributed by atoms with Crippen molar-refractivity contribution in [1.82, 2.24) is 19.9 Å². The summed E-state index contributed by atoms with van der Waals surface area (Å²) in [6, 6.07) is 7.99. The van der Waals surface area contributed by atoms with Gasteiger partial charge in [0.25, 0.3) is 0 Å². The summed E-state index contributed by atoms with van der Waals surface area (Å²) in [4.78, 5) is 21.5. The van der Waals surface area contributed by atoms with E-state index < -0.39 is 0 Å². The third kappa shape index (κ3) is 5.59. The molecule has 0 aliphatic carbocycles. The van der Waals surface area contributed by atoms with Crippen molar-refractivity contribution in [2.24, 2.45) is 0 Å². The minimum atomic E-state index is 0.136.